The SMILES string of the molecule is CCCCOCC(O)CN1CCC(=O)c2ccccc21. The number of nitrogens with zero attached hydrogens (tertiary/aromatic N) is 1. The van der Waals surface area contributed by atoms with Gasteiger partial charge in [-0.2, -0.15) is 0 Å². The molecule has 0 saturated heterocycles. The minimum Gasteiger partial charge on any atom is -0.389 e. The number of anilines is 1. The number of aliphatic hydroxyl groups is 1. The number of carbonyl (C=O) groups excluding carboxylic acids is 1. The Morgan fingerprint density at radius 3 is 3.00 bits per heavy atom. The number of carbonyl (C=O) groups is 1. The topological polar surface area (TPSA) is 49.8 Å². The number of hydrogen-bond acceptors (Lipinski definition) is 4. The van der Waals surface area contributed by atoms with Crippen molar-refractivity contribution in [2.24, 2.45) is 0 Å². The molecule has 1 heterocycles. The summed E-state index contributed by atoms with van der Waals surface area (Å²) in [5.41, 5.74) is 1.69. The fourth-order valence-electron chi connectivity index (χ4n) is 2.44. The molecule has 1 aliphatic heterocycles. The second-order valence-corrected chi connectivity index (χ2v) is 5.22. The summed E-state index contributed by atoms with van der Waals surface area (Å²) in [7, 11) is 0. The quantitative estimate of drug-likeness (QED) is 0.777. The van der Waals surface area contributed by atoms with E-state index in [2.05, 4.69) is 11.8 Å². The monoisotopic (exact) mass is 277 g/mol. The first-order chi connectivity index (χ1) is 9.72. The van der Waals surface area contributed by atoms with Crippen molar-refractivity contribution >= 4 is 11.5 Å². The zero-order valence-corrected chi connectivity index (χ0v) is 12.0. The molecule has 1 N–H and O–H groups in total. The van der Waals surface area contributed by atoms with E-state index in [9.17, 15) is 9.90 Å². The lowest BCUT2D eigenvalue weighted by atomic mass is 10.0. The maximum absolute atomic E-state index is 11.8. The highest BCUT2D eigenvalue weighted by molar-refractivity contribution is 6.03. The van der Waals surface area contributed by atoms with Gasteiger partial charge in [-0.25, -0.2) is 0 Å². The van der Waals surface area contributed by atoms with Crippen LogP contribution in [0.1, 0.15) is 36.5 Å². The van der Waals surface area contributed by atoms with Gasteiger partial charge in [-0.1, -0.05) is 25.5 Å². The Balaban J connectivity index is 1.90. The highest BCUT2D eigenvalue weighted by Gasteiger charge is 2.23. The van der Waals surface area contributed by atoms with Gasteiger partial charge in [0.15, 0.2) is 5.78 Å². The molecule has 0 spiro atoms. The van der Waals surface area contributed by atoms with Crippen LogP contribution in [0.15, 0.2) is 24.3 Å². The van der Waals surface area contributed by atoms with Gasteiger partial charge < -0.3 is 14.7 Å². The Hall–Kier alpha value is -1.39. The zero-order chi connectivity index (χ0) is 14.4. The molecule has 1 aliphatic rings. The minimum absolute atomic E-state index is 0.186. The predicted octanol–water partition coefficient (Wildman–Crippen LogP) is 2.26. The van der Waals surface area contributed by atoms with E-state index in [0.29, 0.717) is 32.7 Å². The summed E-state index contributed by atoms with van der Waals surface area (Å²) >= 11 is 0. The normalized spacial score (nSPS) is 16.1. The first-order valence-electron chi connectivity index (χ1n) is 7.35. The number of fused-ring (bicyclic) bond motifs is 1. The molecule has 0 saturated carbocycles. The molecule has 1 atom stereocenters. The van der Waals surface area contributed by atoms with Crippen LogP contribution in [0.25, 0.3) is 0 Å². The van der Waals surface area contributed by atoms with Gasteiger partial charge in [0.2, 0.25) is 0 Å². The number of β-amino-alcohol motifs (C(OH)–C–C–N with tert-alkyl or cyclic N) is 1. The Labute approximate surface area is 120 Å². The van der Waals surface area contributed by atoms with Crippen molar-refractivity contribution in [1.29, 1.82) is 0 Å². The van der Waals surface area contributed by atoms with Crippen molar-refractivity contribution in [3.8, 4) is 0 Å². The molecule has 1 aromatic carbocycles. The van der Waals surface area contributed by atoms with Crippen LogP contribution < -0.4 is 4.90 Å². The lowest BCUT2D eigenvalue weighted by Gasteiger charge is -2.32. The maximum atomic E-state index is 11.8. The lowest BCUT2D eigenvalue weighted by molar-refractivity contribution is 0.0390. The number of rotatable bonds is 7. The van der Waals surface area contributed by atoms with Crippen LogP contribution in [0.3, 0.4) is 0 Å². The van der Waals surface area contributed by atoms with Crippen LogP contribution in [-0.2, 0) is 4.74 Å². The molecular formula is C16H23NO3. The summed E-state index contributed by atoms with van der Waals surface area (Å²) in [6.45, 7) is 4.34. The van der Waals surface area contributed by atoms with E-state index in [4.69, 9.17) is 4.74 Å². The fraction of sp³-hybridized carbons (Fsp3) is 0.562. The highest BCUT2D eigenvalue weighted by Crippen LogP contribution is 2.26. The Bertz CT molecular complexity index is 447. The number of aliphatic hydroxyl groups excluding tert-OH is 1. The fourth-order valence-corrected chi connectivity index (χ4v) is 2.44. The van der Waals surface area contributed by atoms with Gasteiger partial charge >= 0.3 is 0 Å². The number of ether oxygens (including phenoxy) is 1. The first kappa shape index (κ1) is 15.0. The van der Waals surface area contributed by atoms with Gasteiger partial charge in [-0.3, -0.25) is 4.79 Å². The highest BCUT2D eigenvalue weighted by atomic mass is 16.5. The van der Waals surface area contributed by atoms with Crippen LogP contribution in [0, 0.1) is 0 Å². The molecule has 2 rings (SSSR count). The zero-order valence-electron chi connectivity index (χ0n) is 12.0. The molecule has 1 unspecified atom stereocenters. The average molecular weight is 277 g/mol. The van der Waals surface area contributed by atoms with Crippen LogP contribution in [-0.4, -0.2) is 43.3 Å². The molecule has 0 amide bonds. The van der Waals surface area contributed by atoms with E-state index in [1.807, 2.05) is 24.3 Å². The van der Waals surface area contributed by atoms with Crippen molar-refractivity contribution in [3.05, 3.63) is 29.8 Å². The third-order valence-electron chi connectivity index (χ3n) is 3.54. The van der Waals surface area contributed by atoms with E-state index in [-0.39, 0.29) is 5.78 Å². The molecule has 0 radical (unpaired) electrons. The maximum Gasteiger partial charge on any atom is 0.166 e. The van der Waals surface area contributed by atoms with E-state index < -0.39 is 6.10 Å². The van der Waals surface area contributed by atoms with Gasteiger partial charge in [-0.05, 0) is 18.6 Å². The second-order valence-electron chi connectivity index (χ2n) is 5.22. The molecule has 1 aromatic rings. The summed E-state index contributed by atoms with van der Waals surface area (Å²) in [4.78, 5) is 13.9. The van der Waals surface area contributed by atoms with Crippen LogP contribution >= 0.6 is 0 Å². The molecule has 20 heavy (non-hydrogen) atoms. The van der Waals surface area contributed by atoms with Gasteiger partial charge in [0.05, 0.1) is 12.7 Å². The smallest absolute Gasteiger partial charge is 0.166 e. The van der Waals surface area contributed by atoms with E-state index in [1.165, 1.54) is 0 Å². The Kier molecular flexibility index (Phi) is 5.56. The summed E-state index contributed by atoms with van der Waals surface area (Å²) in [5, 5.41) is 10.0. The summed E-state index contributed by atoms with van der Waals surface area (Å²) in [6.07, 6.45) is 2.11. The van der Waals surface area contributed by atoms with E-state index in [1.54, 1.807) is 0 Å². The van der Waals surface area contributed by atoms with Crippen molar-refractivity contribution in [1.82, 2.24) is 0 Å². The van der Waals surface area contributed by atoms with Crippen molar-refractivity contribution < 1.29 is 14.6 Å². The first-order valence-corrected chi connectivity index (χ1v) is 7.35. The molecule has 0 aromatic heterocycles. The Morgan fingerprint density at radius 2 is 2.20 bits per heavy atom. The number of benzene rings is 1. The van der Waals surface area contributed by atoms with Crippen LogP contribution in [0.5, 0.6) is 0 Å². The predicted molar refractivity (Wildman–Crippen MR) is 79.3 cm³/mol. The number of hydrogen-bond donors (Lipinski definition) is 1. The molecule has 4 heteroatoms. The van der Waals surface area contributed by atoms with E-state index in [0.717, 1.165) is 24.1 Å². The molecule has 0 fully saturated rings. The second kappa shape index (κ2) is 7.41. The summed E-state index contributed by atoms with van der Waals surface area (Å²) in [6, 6.07) is 7.60. The van der Waals surface area contributed by atoms with Crippen molar-refractivity contribution in [2.45, 2.75) is 32.3 Å². The van der Waals surface area contributed by atoms with Crippen LogP contribution in [0.2, 0.25) is 0 Å². The van der Waals surface area contributed by atoms with Gasteiger partial charge in [0, 0.05) is 37.4 Å². The molecule has 110 valence electrons. The number of para-hydroxylation sites is 1. The van der Waals surface area contributed by atoms with Crippen molar-refractivity contribution in [3.63, 3.8) is 0 Å². The van der Waals surface area contributed by atoms with Gasteiger partial charge in [0.25, 0.3) is 0 Å². The summed E-state index contributed by atoms with van der Waals surface area (Å²) in [5.74, 6) is 0.186. The van der Waals surface area contributed by atoms with Crippen molar-refractivity contribution in [2.75, 3.05) is 31.2 Å². The molecule has 0 aliphatic carbocycles. The Morgan fingerprint density at radius 1 is 1.40 bits per heavy atom. The lowest BCUT2D eigenvalue weighted by Crippen LogP contribution is -2.39. The summed E-state index contributed by atoms with van der Waals surface area (Å²) < 4.78 is 5.44. The molecular weight excluding hydrogens is 254 g/mol. The minimum atomic E-state index is -0.520. The standard InChI is InChI=1S/C16H23NO3/c1-2-3-10-20-12-13(18)11-17-9-8-16(19)14-6-4-5-7-15(14)17/h4-7,13,18H,2-3,8-12H2,1H3. The number of Topliss-reactive ketones (excluding diaryl/α,β-unsaturated/α-hetero) is 1. The van der Waals surface area contributed by atoms with Gasteiger partial charge in [-0.15, -0.1) is 0 Å². The average Bonchev–Trinajstić information content (AvgIpc) is 2.47. The van der Waals surface area contributed by atoms with Crippen LogP contribution in [0.4, 0.5) is 5.69 Å². The molecule has 0 bridgehead atoms. The van der Waals surface area contributed by atoms with Gasteiger partial charge in [0.1, 0.15) is 0 Å². The largest absolute Gasteiger partial charge is 0.389 e. The number of ketones is 1. The third-order valence-corrected chi connectivity index (χ3v) is 3.54. The molecule has 4 nitrogen and oxygen atoms in total. The number of unbranched alkanes of at least 4 members (excludes halogenated alkanes) is 1. The third kappa shape index (κ3) is 3.81. The van der Waals surface area contributed by atoms with E-state index >= 15 is 0 Å².